The van der Waals surface area contributed by atoms with E-state index in [9.17, 15) is 9.59 Å². The molecular formula is C28H28ClN3O3S. The lowest BCUT2D eigenvalue weighted by Gasteiger charge is -2.36. The number of hydrogen-bond donors (Lipinski definition) is 0. The van der Waals surface area contributed by atoms with Crippen molar-refractivity contribution in [3.63, 3.8) is 0 Å². The number of ether oxygens (including phenoxy) is 1. The number of thioether (sulfide) groups is 1. The first-order valence-corrected chi connectivity index (χ1v) is 13.4. The number of hydrogen-bond acceptors (Lipinski definition) is 5. The van der Waals surface area contributed by atoms with E-state index in [0.29, 0.717) is 36.0 Å². The Bertz CT molecular complexity index is 1210. The van der Waals surface area contributed by atoms with Crippen LogP contribution in [-0.4, -0.2) is 60.7 Å². The van der Waals surface area contributed by atoms with Crippen LogP contribution in [0.5, 0.6) is 5.75 Å². The van der Waals surface area contributed by atoms with Crippen LogP contribution in [-0.2, 0) is 11.3 Å². The number of methoxy groups -OCH3 is 1. The standard InChI is InChI=1S/C28H28ClN3O3S/c1-35-25-12-10-24(11-13-25)30-14-16-31(17-15-30)27(34)21-4-6-22(7-5-21)28-32(26(33)19-36-28)18-20-2-8-23(29)9-3-20/h2-13,28H,14-19H2,1H3/t28-/m0/s1. The van der Waals surface area contributed by atoms with Crippen molar-refractivity contribution in [1.29, 1.82) is 0 Å². The van der Waals surface area contributed by atoms with Crippen molar-refractivity contribution in [3.8, 4) is 5.75 Å². The van der Waals surface area contributed by atoms with Crippen LogP contribution in [0.15, 0.2) is 72.8 Å². The minimum Gasteiger partial charge on any atom is -0.497 e. The van der Waals surface area contributed by atoms with Gasteiger partial charge in [-0.2, -0.15) is 0 Å². The van der Waals surface area contributed by atoms with E-state index in [0.717, 1.165) is 35.7 Å². The van der Waals surface area contributed by atoms with E-state index in [4.69, 9.17) is 16.3 Å². The van der Waals surface area contributed by atoms with Gasteiger partial charge in [0.05, 0.1) is 12.9 Å². The molecule has 36 heavy (non-hydrogen) atoms. The molecule has 1 atom stereocenters. The van der Waals surface area contributed by atoms with Crippen molar-refractivity contribution in [1.82, 2.24) is 9.80 Å². The Morgan fingerprint density at radius 2 is 1.61 bits per heavy atom. The van der Waals surface area contributed by atoms with Crippen molar-refractivity contribution in [2.75, 3.05) is 43.9 Å². The molecule has 2 amide bonds. The molecule has 2 aliphatic rings. The van der Waals surface area contributed by atoms with Gasteiger partial charge >= 0.3 is 0 Å². The van der Waals surface area contributed by atoms with Gasteiger partial charge in [-0.3, -0.25) is 9.59 Å². The molecule has 2 saturated heterocycles. The van der Waals surface area contributed by atoms with Crippen molar-refractivity contribution in [2.24, 2.45) is 0 Å². The predicted octanol–water partition coefficient (Wildman–Crippen LogP) is 5.09. The maximum absolute atomic E-state index is 13.2. The summed E-state index contributed by atoms with van der Waals surface area (Å²) in [7, 11) is 1.66. The highest BCUT2D eigenvalue weighted by Crippen LogP contribution is 2.39. The lowest BCUT2D eigenvalue weighted by atomic mass is 10.1. The zero-order valence-corrected chi connectivity index (χ0v) is 21.7. The van der Waals surface area contributed by atoms with Crippen molar-refractivity contribution >= 4 is 40.9 Å². The number of nitrogens with zero attached hydrogens (tertiary/aromatic N) is 3. The molecule has 186 valence electrons. The van der Waals surface area contributed by atoms with Gasteiger partial charge < -0.3 is 19.4 Å². The summed E-state index contributed by atoms with van der Waals surface area (Å²) in [6.07, 6.45) is 0. The van der Waals surface area contributed by atoms with E-state index in [2.05, 4.69) is 17.0 Å². The maximum Gasteiger partial charge on any atom is 0.253 e. The molecule has 2 aliphatic heterocycles. The van der Waals surface area contributed by atoms with Crippen LogP contribution in [0.3, 0.4) is 0 Å². The van der Waals surface area contributed by atoms with Crippen molar-refractivity contribution < 1.29 is 14.3 Å². The Morgan fingerprint density at radius 1 is 0.944 bits per heavy atom. The second-order valence-electron chi connectivity index (χ2n) is 8.91. The molecular weight excluding hydrogens is 494 g/mol. The monoisotopic (exact) mass is 521 g/mol. The highest BCUT2D eigenvalue weighted by Gasteiger charge is 2.33. The van der Waals surface area contributed by atoms with Gasteiger partial charge in [0, 0.05) is 49.0 Å². The van der Waals surface area contributed by atoms with E-state index in [-0.39, 0.29) is 17.2 Å². The summed E-state index contributed by atoms with van der Waals surface area (Å²) in [4.78, 5) is 31.8. The number of piperazine rings is 1. The first-order chi connectivity index (χ1) is 17.5. The summed E-state index contributed by atoms with van der Waals surface area (Å²) in [5.41, 5.74) is 3.88. The molecule has 6 nitrogen and oxygen atoms in total. The molecule has 0 aliphatic carbocycles. The number of anilines is 1. The third-order valence-electron chi connectivity index (χ3n) is 6.68. The lowest BCUT2D eigenvalue weighted by molar-refractivity contribution is -0.128. The number of halogens is 1. The smallest absolute Gasteiger partial charge is 0.253 e. The quantitative estimate of drug-likeness (QED) is 0.452. The SMILES string of the molecule is COc1ccc(N2CCN(C(=O)c3ccc([C@@H]4SCC(=O)N4Cc4ccc(Cl)cc4)cc3)CC2)cc1. The predicted molar refractivity (Wildman–Crippen MR) is 145 cm³/mol. The molecule has 0 radical (unpaired) electrons. The number of amides is 2. The molecule has 8 heteroatoms. The minimum atomic E-state index is -0.0645. The fourth-order valence-electron chi connectivity index (χ4n) is 4.62. The average molecular weight is 522 g/mol. The summed E-state index contributed by atoms with van der Waals surface area (Å²) < 4.78 is 5.24. The third-order valence-corrected chi connectivity index (χ3v) is 8.19. The Morgan fingerprint density at radius 3 is 2.25 bits per heavy atom. The van der Waals surface area contributed by atoms with Crippen LogP contribution in [0.2, 0.25) is 5.02 Å². The molecule has 2 heterocycles. The number of benzene rings is 3. The molecule has 3 aromatic carbocycles. The van der Waals surface area contributed by atoms with Gasteiger partial charge in [-0.25, -0.2) is 0 Å². The number of rotatable bonds is 6. The van der Waals surface area contributed by atoms with Crippen LogP contribution in [0, 0.1) is 0 Å². The first kappa shape index (κ1) is 24.5. The normalized spacial score (nSPS) is 18.0. The molecule has 0 bridgehead atoms. The van der Waals surface area contributed by atoms with Gasteiger partial charge in [0.15, 0.2) is 0 Å². The highest BCUT2D eigenvalue weighted by molar-refractivity contribution is 8.00. The van der Waals surface area contributed by atoms with Gasteiger partial charge in [0.2, 0.25) is 5.91 Å². The zero-order chi connectivity index (χ0) is 25.1. The maximum atomic E-state index is 13.2. The average Bonchev–Trinajstić information content (AvgIpc) is 3.29. The van der Waals surface area contributed by atoms with E-state index < -0.39 is 0 Å². The number of carbonyl (C=O) groups is 2. The van der Waals surface area contributed by atoms with E-state index >= 15 is 0 Å². The second kappa shape index (κ2) is 10.8. The topological polar surface area (TPSA) is 53.1 Å². The molecule has 5 rings (SSSR count). The molecule has 0 unspecified atom stereocenters. The molecule has 3 aromatic rings. The number of carbonyl (C=O) groups excluding carboxylic acids is 2. The third kappa shape index (κ3) is 5.32. The second-order valence-corrected chi connectivity index (χ2v) is 10.4. The minimum absolute atomic E-state index is 0.0455. The fraction of sp³-hybridized carbons (Fsp3) is 0.286. The van der Waals surface area contributed by atoms with Gasteiger partial charge in [0.1, 0.15) is 11.1 Å². The zero-order valence-electron chi connectivity index (χ0n) is 20.1. The van der Waals surface area contributed by atoms with Gasteiger partial charge in [-0.05, 0) is 59.7 Å². The summed E-state index contributed by atoms with van der Waals surface area (Å²) in [6.45, 7) is 3.46. The van der Waals surface area contributed by atoms with Crippen LogP contribution in [0.25, 0.3) is 0 Å². The molecule has 0 aromatic heterocycles. The Labute approximate surface area is 220 Å². The Balaban J connectivity index is 1.21. The summed E-state index contributed by atoms with van der Waals surface area (Å²) in [5.74, 6) is 1.46. The molecule has 0 N–H and O–H groups in total. The van der Waals surface area contributed by atoms with E-state index in [1.807, 2.05) is 70.5 Å². The summed E-state index contributed by atoms with van der Waals surface area (Å²) in [6, 6.07) is 23.3. The van der Waals surface area contributed by atoms with Crippen LogP contribution in [0.4, 0.5) is 5.69 Å². The van der Waals surface area contributed by atoms with Crippen molar-refractivity contribution in [3.05, 3.63) is 94.5 Å². The summed E-state index contributed by atoms with van der Waals surface area (Å²) in [5, 5.41) is 0.616. The Kier molecular flexibility index (Phi) is 7.39. The van der Waals surface area contributed by atoms with Gasteiger partial charge in [-0.15, -0.1) is 11.8 Å². The van der Waals surface area contributed by atoms with E-state index in [1.165, 1.54) is 0 Å². The summed E-state index contributed by atoms with van der Waals surface area (Å²) >= 11 is 7.62. The highest BCUT2D eigenvalue weighted by atomic mass is 35.5. The van der Waals surface area contributed by atoms with Crippen LogP contribution in [0.1, 0.15) is 26.9 Å². The van der Waals surface area contributed by atoms with Crippen molar-refractivity contribution in [2.45, 2.75) is 11.9 Å². The van der Waals surface area contributed by atoms with Gasteiger partial charge in [0.25, 0.3) is 5.91 Å². The fourth-order valence-corrected chi connectivity index (χ4v) is 5.94. The van der Waals surface area contributed by atoms with Gasteiger partial charge in [-0.1, -0.05) is 35.9 Å². The lowest BCUT2D eigenvalue weighted by Crippen LogP contribution is -2.48. The molecule has 2 fully saturated rings. The Hall–Kier alpha value is -3.16. The molecule has 0 saturated carbocycles. The van der Waals surface area contributed by atoms with E-state index in [1.54, 1.807) is 18.9 Å². The first-order valence-electron chi connectivity index (χ1n) is 12.0. The van der Waals surface area contributed by atoms with Crippen LogP contribution >= 0.6 is 23.4 Å². The largest absolute Gasteiger partial charge is 0.497 e. The van der Waals surface area contributed by atoms with Crippen LogP contribution < -0.4 is 9.64 Å². The molecule has 0 spiro atoms.